The third-order valence-electron chi connectivity index (χ3n) is 2.86. The van der Waals surface area contributed by atoms with E-state index < -0.39 is 0 Å². The summed E-state index contributed by atoms with van der Waals surface area (Å²) in [5.74, 6) is 1.36. The zero-order valence-electron chi connectivity index (χ0n) is 11.1. The summed E-state index contributed by atoms with van der Waals surface area (Å²) in [4.78, 5) is 0. The molecule has 0 atom stereocenters. The largest absolute Gasteiger partial charge is 0.396 e. The molecule has 0 saturated heterocycles. The Morgan fingerprint density at radius 2 is 2.00 bits per heavy atom. The van der Waals surface area contributed by atoms with E-state index in [0.29, 0.717) is 0 Å². The smallest absolute Gasteiger partial charge is 0.123 e. The molecular weight excluding hydrogens is 343 g/mol. The third kappa shape index (κ3) is 3.62. The molecule has 0 aliphatic heterocycles. The lowest BCUT2D eigenvalue weighted by atomic mass is 10.1. The van der Waals surface area contributed by atoms with Gasteiger partial charge >= 0.3 is 0 Å². The van der Waals surface area contributed by atoms with E-state index in [9.17, 15) is 4.39 Å². The maximum Gasteiger partial charge on any atom is 0.123 e. The molecule has 20 heavy (non-hydrogen) atoms. The first kappa shape index (κ1) is 15.5. The van der Waals surface area contributed by atoms with Gasteiger partial charge in [-0.15, -0.1) is 0 Å². The van der Waals surface area contributed by atoms with Crippen LogP contribution in [0.1, 0.15) is 5.69 Å². The van der Waals surface area contributed by atoms with Gasteiger partial charge in [-0.1, -0.05) is 0 Å². The van der Waals surface area contributed by atoms with Crippen LogP contribution in [0.4, 0.5) is 4.39 Å². The molecule has 0 amide bonds. The van der Waals surface area contributed by atoms with Crippen LogP contribution in [-0.2, 0) is 6.54 Å². The predicted octanol–water partition coefficient (Wildman–Crippen LogP) is 3.49. The van der Waals surface area contributed by atoms with Crippen molar-refractivity contribution in [1.29, 1.82) is 0 Å². The molecule has 108 valence electrons. The van der Waals surface area contributed by atoms with Gasteiger partial charge in [0.15, 0.2) is 0 Å². The zero-order valence-corrected chi connectivity index (χ0v) is 13.5. The van der Waals surface area contributed by atoms with Crippen molar-refractivity contribution in [2.75, 3.05) is 18.1 Å². The normalized spacial score (nSPS) is 11.0. The second-order valence-electron chi connectivity index (χ2n) is 4.31. The van der Waals surface area contributed by atoms with Crippen molar-refractivity contribution in [3.05, 3.63) is 40.2 Å². The van der Waals surface area contributed by atoms with Crippen LogP contribution in [0.25, 0.3) is 11.3 Å². The molecular formula is C14H16BrFN2OS. The van der Waals surface area contributed by atoms with Crippen molar-refractivity contribution in [2.45, 2.75) is 13.5 Å². The van der Waals surface area contributed by atoms with E-state index in [0.717, 1.165) is 39.5 Å². The Balaban J connectivity index is 2.24. The first-order valence-electron chi connectivity index (χ1n) is 6.31. The van der Waals surface area contributed by atoms with E-state index in [1.165, 1.54) is 12.1 Å². The first-order chi connectivity index (χ1) is 9.63. The quantitative estimate of drug-likeness (QED) is 0.803. The molecule has 2 aromatic rings. The first-order valence-corrected chi connectivity index (χ1v) is 8.25. The summed E-state index contributed by atoms with van der Waals surface area (Å²) in [7, 11) is 0. The van der Waals surface area contributed by atoms with Gasteiger partial charge in [0.1, 0.15) is 5.82 Å². The van der Waals surface area contributed by atoms with Gasteiger partial charge in [0.25, 0.3) is 0 Å². The average molecular weight is 359 g/mol. The minimum atomic E-state index is -0.244. The molecule has 0 aliphatic carbocycles. The van der Waals surface area contributed by atoms with Gasteiger partial charge in [0.05, 0.1) is 29.0 Å². The van der Waals surface area contributed by atoms with Gasteiger partial charge in [0, 0.05) is 17.1 Å². The van der Waals surface area contributed by atoms with Gasteiger partial charge in [-0.25, -0.2) is 4.39 Å². The van der Waals surface area contributed by atoms with Gasteiger partial charge in [-0.2, -0.15) is 16.9 Å². The lowest BCUT2D eigenvalue weighted by Gasteiger charge is -2.08. The van der Waals surface area contributed by atoms with Crippen molar-refractivity contribution in [3.63, 3.8) is 0 Å². The van der Waals surface area contributed by atoms with Crippen LogP contribution in [0.5, 0.6) is 0 Å². The molecule has 3 nitrogen and oxygen atoms in total. The van der Waals surface area contributed by atoms with Gasteiger partial charge < -0.3 is 5.11 Å². The number of aliphatic hydroxyl groups excluding tert-OH is 1. The monoisotopic (exact) mass is 358 g/mol. The van der Waals surface area contributed by atoms with Crippen LogP contribution in [-0.4, -0.2) is 33.0 Å². The summed E-state index contributed by atoms with van der Waals surface area (Å²) in [6.45, 7) is 2.88. The van der Waals surface area contributed by atoms with Crippen LogP contribution in [0, 0.1) is 12.7 Å². The molecule has 0 spiro atoms. The molecule has 1 aromatic carbocycles. The number of rotatable bonds is 6. The highest BCUT2D eigenvalue weighted by molar-refractivity contribution is 9.10. The fourth-order valence-electron chi connectivity index (χ4n) is 1.92. The maximum absolute atomic E-state index is 13.0. The van der Waals surface area contributed by atoms with E-state index in [1.807, 2.05) is 11.6 Å². The zero-order chi connectivity index (χ0) is 14.5. The maximum atomic E-state index is 13.0. The van der Waals surface area contributed by atoms with Crippen molar-refractivity contribution in [2.24, 2.45) is 0 Å². The van der Waals surface area contributed by atoms with Crippen LogP contribution in [0.15, 0.2) is 28.7 Å². The lowest BCUT2D eigenvalue weighted by molar-refractivity contribution is 0.322. The highest BCUT2D eigenvalue weighted by atomic mass is 79.9. The van der Waals surface area contributed by atoms with Crippen LogP contribution < -0.4 is 0 Å². The molecule has 0 unspecified atom stereocenters. The highest BCUT2D eigenvalue weighted by Crippen LogP contribution is 2.31. The molecule has 0 fully saturated rings. The van der Waals surface area contributed by atoms with Crippen molar-refractivity contribution in [3.8, 4) is 11.3 Å². The second-order valence-corrected chi connectivity index (χ2v) is 6.33. The molecule has 0 bridgehead atoms. The van der Waals surface area contributed by atoms with Crippen molar-refractivity contribution >= 4 is 27.7 Å². The molecule has 0 aliphatic rings. The van der Waals surface area contributed by atoms with E-state index in [2.05, 4.69) is 21.0 Å². The van der Waals surface area contributed by atoms with E-state index in [1.54, 1.807) is 23.9 Å². The Bertz CT molecular complexity index is 571. The minimum absolute atomic E-state index is 0.192. The van der Waals surface area contributed by atoms with E-state index in [-0.39, 0.29) is 12.4 Å². The Morgan fingerprint density at radius 1 is 1.30 bits per heavy atom. The van der Waals surface area contributed by atoms with Crippen LogP contribution >= 0.6 is 27.7 Å². The third-order valence-corrected chi connectivity index (χ3v) is 4.75. The van der Waals surface area contributed by atoms with Gasteiger partial charge in [-0.05, 0) is 47.1 Å². The van der Waals surface area contributed by atoms with Crippen LogP contribution in [0.2, 0.25) is 0 Å². The van der Waals surface area contributed by atoms with Crippen LogP contribution in [0.3, 0.4) is 0 Å². The molecule has 1 aromatic heterocycles. The summed E-state index contributed by atoms with van der Waals surface area (Å²) in [5, 5.41) is 13.3. The number of aliphatic hydroxyl groups is 1. The number of aromatic nitrogens is 2. The summed E-state index contributed by atoms with van der Waals surface area (Å²) >= 11 is 5.24. The second kappa shape index (κ2) is 7.24. The highest BCUT2D eigenvalue weighted by Gasteiger charge is 2.14. The number of halogens is 2. The lowest BCUT2D eigenvalue weighted by Crippen LogP contribution is -2.05. The Morgan fingerprint density at radius 3 is 2.65 bits per heavy atom. The molecule has 2 rings (SSSR count). The number of aryl methyl sites for hydroxylation is 2. The van der Waals surface area contributed by atoms with Gasteiger partial charge in [-0.3, -0.25) is 4.68 Å². The Labute approximate surface area is 130 Å². The molecule has 1 N–H and O–H groups in total. The Kier molecular flexibility index (Phi) is 5.63. The molecule has 0 radical (unpaired) electrons. The topological polar surface area (TPSA) is 38.0 Å². The number of nitrogens with zero attached hydrogens (tertiary/aromatic N) is 2. The van der Waals surface area contributed by atoms with E-state index in [4.69, 9.17) is 5.11 Å². The fraction of sp³-hybridized carbons (Fsp3) is 0.357. The fourth-order valence-corrected chi connectivity index (χ4v) is 3.07. The predicted molar refractivity (Wildman–Crippen MR) is 84.5 cm³/mol. The van der Waals surface area contributed by atoms with Gasteiger partial charge in [0.2, 0.25) is 0 Å². The summed E-state index contributed by atoms with van der Waals surface area (Å²) in [6, 6.07) is 6.42. The Hall–Kier alpha value is -0.850. The number of hydrogen-bond donors (Lipinski definition) is 1. The SMILES string of the molecule is Cc1nn(CCSCCO)c(-c2ccc(F)cc2)c1Br. The summed E-state index contributed by atoms with van der Waals surface area (Å²) in [6.07, 6.45) is 0. The molecule has 1 heterocycles. The van der Waals surface area contributed by atoms with E-state index >= 15 is 0 Å². The minimum Gasteiger partial charge on any atom is -0.396 e. The standard InChI is InChI=1S/C14H16BrFN2OS/c1-10-13(15)14(11-2-4-12(16)5-3-11)18(17-10)6-8-20-9-7-19/h2-5,19H,6-9H2,1H3. The molecule has 0 saturated carbocycles. The van der Waals surface area contributed by atoms with Crippen molar-refractivity contribution in [1.82, 2.24) is 9.78 Å². The number of benzene rings is 1. The number of hydrogen-bond acceptors (Lipinski definition) is 3. The summed E-state index contributed by atoms with van der Waals surface area (Å²) in [5.41, 5.74) is 2.81. The number of thioether (sulfide) groups is 1. The average Bonchev–Trinajstić information content (AvgIpc) is 2.72. The van der Waals surface area contributed by atoms with Crippen molar-refractivity contribution < 1.29 is 9.50 Å². The summed E-state index contributed by atoms with van der Waals surface area (Å²) < 4.78 is 15.9. The molecule has 6 heteroatoms.